The van der Waals surface area contributed by atoms with Crippen LogP contribution in [-0.2, 0) is 4.74 Å². The van der Waals surface area contributed by atoms with Crippen LogP contribution in [0.5, 0.6) is 0 Å². The van der Waals surface area contributed by atoms with E-state index in [2.05, 4.69) is 15.6 Å². The van der Waals surface area contributed by atoms with Crippen LogP contribution in [-0.4, -0.2) is 24.0 Å². The fourth-order valence-electron chi connectivity index (χ4n) is 2.59. The number of carbonyl (C=O) groups is 2. The molecule has 0 aliphatic heterocycles. The second-order valence-corrected chi connectivity index (χ2v) is 6.44. The van der Waals surface area contributed by atoms with Gasteiger partial charge in [-0.3, -0.25) is 4.79 Å². The number of nitrogens with zero attached hydrogens (tertiary/aromatic N) is 1. The minimum atomic E-state index is -0.526. The van der Waals surface area contributed by atoms with Gasteiger partial charge in [0, 0.05) is 10.7 Å². The van der Waals surface area contributed by atoms with Crippen molar-refractivity contribution in [1.29, 1.82) is 0 Å². The summed E-state index contributed by atoms with van der Waals surface area (Å²) in [6.45, 7) is 1.95. The van der Waals surface area contributed by atoms with Crippen molar-refractivity contribution >= 4 is 40.5 Å². The number of rotatable bonds is 5. The van der Waals surface area contributed by atoms with Crippen LogP contribution in [0.25, 0.3) is 0 Å². The van der Waals surface area contributed by atoms with Gasteiger partial charge in [-0.1, -0.05) is 23.7 Å². The van der Waals surface area contributed by atoms with E-state index in [9.17, 15) is 9.59 Å². The number of aromatic nitrogens is 1. The van der Waals surface area contributed by atoms with Gasteiger partial charge in [0.05, 0.1) is 30.2 Å². The minimum Gasteiger partial charge on any atom is -0.465 e. The average Bonchev–Trinajstić information content (AvgIpc) is 2.70. The first kappa shape index (κ1) is 19.4. The number of halogens is 1. The maximum Gasteiger partial charge on any atom is 0.339 e. The summed E-state index contributed by atoms with van der Waals surface area (Å²) in [5.74, 6) is -0.952. The second kappa shape index (κ2) is 8.54. The van der Waals surface area contributed by atoms with Gasteiger partial charge in [-0.05, 0) is 55.0 Å². The Morgan fingerprint density at radius 1 is 1.04 bits per heavy atom. The molecule has 7 heteroatoms. The molecule has 1 heterocycles. The standard InChI is InChI=1S/C21H18ClN3O3/c1-13-11-14(22)7-9-17(13)24-15-8-10-19(23-12-15)20(26)25-18-6-4-3-5-16(18)21(27)28-2/h3-12,24H,1-2H3,(H,25,26). The van der Waals surface area contributed by atoms with Crippen LogP contribution >= 0.6 is 11.6 Å². The molecule has 0 spiro atoms. The van der Waals surface area contributed by atoms with Gasteiger partial charge in [0.2, 0.25) is 0 Å². The molecule has 142 valence electrons. The zero-order valence-electron chi connectivity index (χ0n) is 15.3. The largest absolute Gasteiger partial charge is 0.465 e. The first-order valence-electron chi connectivity index (χ1n) is 8.46. The molecule has 1 amide bonds. The lowest BCUT2D eigenvalue weighted by Crippen LogP contribution is -2.16. The Hall–Kier alpha value is -3.38. The minimum absolute atomic E-state index is 0.220. The maximum atomic E-state index is 12.5. The van der Waals surface area contributed by atoms with Crippen LogP contribution in [0.3, 0.4) is 0 Å². The summed E-state index contributed by atoms with van der Waals surface area (Å²) in [6, 6.07) is 15.5. The van der Waals surface area contributed by atoms with Crippen molar-refractivity contribution in [2.24, 2.45) is 0 Å². The first-order chi connectivity index (χ1) is 13.5. The molecule has 0 aliphatic carbocycles. The molecule has 0 bridgehead atoms. The molecule has 3 rings (SSSR count). The Kier molecular flexibility index (Phi) is 5.91. The topological polar surface area (TPSA) is 80.3 Å². The lowest BCUT2D eigenvalue weighted by molar-refractivity contribution is 0.0602. The molecule has 28 heavy (non-hydrogen) atoms. The number of carbonyl (C=O) groups excluding carboxylic acids is 2. The van der Waals surface area contributed by atoms with E-state index in [1.165, 1.54) is 7.11 Å². The van der Waals surface area contributed by atoms with E-state index in [0.717, 1.165) is 16.9 Å². The van der Waals surface area contributed by atoms with Crippen molar-refractivity contribution in [3.8, 4) is 0 Å². The smallest absolute Gasteiger partial charge is 0.339 e. The van der Waals surface area contributed by atoms with Gasteiger partial charge in [-0.2, -0.15) is 0 Å². The van der Waals surface area contributed by atoms with Crippen LogP contribution in [0.4, 0.5) is 17.1 Å². The molecule has 6 nitrogen and oxygen atoms in total. The molecule has 0 aliphatic rings. The number of hydrogen-bond donors (Lipinski definition) is 2. The molecule has 0 saturated carbocycles. The summed E-state index contributed by atoms with van der Waals surface area (Å²) in [5.41, 5.74) is 3.48. The molecule has 2 aromatic carbocycles. The van der Waals surface area contributed by atoms with E-state index in [4.69, 9.17) is 16.3 Å². The highest BCUT2D eigenvalue weighted by Gasteiger charge is 2.15. The van der Waals surface area contributed by atoms with Crippen LogP contribution in [0.2, 0.25) is 5.02 Å². The summed E-state index contributed by atoms with van der Waals surface area (Å²) >= 11 is 5.97. The molecule has 3 aromatic rings. The van der Waals surface area contributed by atoms with E-state index in [1.54, 1.807) is 48.7 Å². The fraction of sp³-hybridized carbons (Fsp3) is 0.0952. The third-order valence-corrected chi connectivity index (χ3v) is 4.28. The summed E-state index contributed by atoms with van der Waals surface area (Å²) < 4.78 is 4.73. The molecule has 0 fully saturated rings. The highest BCUT2D eigenvalue weighted by molar-refractivity contribution is 6.30. The fourth-order valence-corrected chi connectivity index (χ4v) is 2.82. The highest BCUT2D eigenvalue weighted by atomic mass is 35.5. The number of pyridine rings is 1. The summed E-state index contributed by atoms with van der Waals surface area (Å²) in [7, 11) is 1.29. The molecule has 0 radical (unpaired) electrons. The van der Waals surface area contributed by atoms with Gasteiger partial charge < -0.3 is 15.4 Å². The molecular formula is C21H18ClN3O3. The lowest BCUT2D eigenvalue weighted by Gasteiger charge is -2.11. The number of nitrogens with one attached hydrogen (secondary N) is 2. The number of esters is 1. The Balaban J connectivity index is 1.73. The monoisotopic (exact) mass is 395 g/mol. The Bertz CT molecular complexity index is 1020. The van der Waals surface area contributed by atoms with Crippen LogP contribution < -0.4 is 10.6 Å². The highest BCUT2D eigenvalue weighted by Crippen LogP contribution is 2.23. The van der Waals surface area contributed by atoms with Gasteiger partial charge in [0.25, 0.3) is 5.91 Å². The Morgan fingerprint density at radius 2 is 1.82 bits per heavy atom. The zero-order valence-corrected chi connectivity index (χ0v) is 16.1. The van der Waals surface area contributed by atoms with E-state index in [0.29, 0.717) is 10.7 Å². The number of amides is 1. The van der Waals surface area contributed by atoms with Crippen molar-refractivity contribution in [3.63, 3.8) is 0 Å². The molecule has 2 N–H and O–H groups in total. The molecule has 0 saturated heterocycles. The van der Waals surface area contributed by atoms with E-state index >= 15 is 0 Å². The number of methoxy groups -OCH3 is 1. The molecule has 1 aromatic heterocycles. The van der Waals surface area contributed by atoms with Gasteiger partial charge in [0.1, 0.15) is 5.69 Å². The molecule has 0 atom stereocenters. The summed E-state index contributed by atoms with van der Waals surface area (Å²) in [6.07, 6.45) is 1.56. The summed E-state index contributed by atoms with van der Waals surface area (Å²) in [4.78, 5) is 28.5. The first-order valence-corrected chi connectivity index (χ1v) is 8.83. The van der Waals surface area contributed by atoms with E-state index in [1.807, 2.05) is 19.1 Å². The normalized spacial score (nSPS) is 10.2. The van der Waals surface area contributed by atoms with Gasteiger partial charge in [0.15, 0.2) is 0 Å². The predicted molar refractivity (Wildman–Crippen MR) is 109 cm³/mol. The van der Waals surface area contributed by atoms with E-state index < -0.39 is 11.9 Å². The van der Waals surface area contributed by atoms with Crippen molar-refractivity contribution < 1.29 is 14.3 Å². The second-order valence-electron chi connectivity index (χ2n) is 6.01. The number of aryl methyl sites for hydroxylation is 1. The maximum absolute atomic E-state index is 12.5. The average molecular weight is 396 g/mol. The van der Waals surface area contributed by atoms with Gasteiger partial charge in [-0.15, -0.1) is 0 Å². The van der Waals surface area contributed by atoms with Crippen LogP contribution in [0.1, 0.15) is 26.4 Å². The number of anilines is 3. The van der Waals surface area contributed by atoms with Crippen LogP contribution in [0.15, 0.2) is 60.8 Å². The Morgan fingerprint density at radius 3 is 2.50 bits per heavy atom. The zero-order chi connectivity index (χ0) is 20.1. The number of para-hydroxylation sites is 1. The lowest BCUT2D eigenvalue weighted by atomic mass is 10.1. The molecular weight excluding hydrogens is 378 g/mol. The van der Waals surface area contributed by atoms with Crippen LogP contribution in [0, 0.1) is 6.92 Å². The van der Waals surface area contributed by atoms with Crippen molar-refractivity contribution in [2.45, 2.75) is 6.92 Å². The van der Waals surface area contributed by atoms with Crippen molar-refractivity contribution in [3.05, 3.63) is 82.6 Å². The molecule has 0 unspecified atom stereocenters. The third kappa shape index (κ3) is 4.47. The predicted octanol–water partition coefficient (Wildman–Crippen LogP) is 4.83. The Labute approximate surface area is 167 Å². The van der Waals surface area contributed by atoms with E-state index in [-0.39, 0.29) is 11.3 Å². The van der Waals surface area contributed by atoms with Gasteiger partial charge >= 0.3 is 5.97 Å². The number of hydrogen-bond acceptors (Lipinski definition) is 5. The van der Waals surface area contributed by atoms with Crippen molar-refractivity contribution in [1.82, 2.24) is 4.98 Å². The number of ether oxygens (including phenoxy) is 1. The summed E-state index contributed by atoms with van der Waals surface area (Å²) in [5, 5.41) is 6.59. The van der Waals surface area contributed by atoms with Gasteiger partial charge in [-0.25, -0.2) is 9.78 Å². The third-order valence-electron chi connectivity index (χ3n) is 4.04. The SMILES string of the molecule is COC(=O)c1ccccc1NC(=O)c1ccc(Nc2ccc(Cl)cc2C)cn1. The van der Waals surface area contributed by atoms with Crippen molar-refractivity contribution in [2.75, 3.05) is 17.7 Å². The number of benzene rings is 2. The quantitative estimate of drug-likeness (QED) is 0.605.